The zero-order valence-corrected chi connectivity index (χ0v) is 13.2. The topological polar surface area (TPSA) is 97.1 Å². The maximum Gasteiger partial charge on any atom is 0.319 e. The van der Waals surface area contributed by atoms with Gasteiger partial charge in [0.2, 0.25) is 5.91 Å². The Balaban J connectivity index is 1.52. The molecule has 1 aliphatic heterocycles. The molecule has 7 nitrogen and oxygen atoms in total. The molecule has 1 fully saturated rings. The number of aliphatic carboxylic acids is 1. The third-order valence-corrected chi connectivity index (χ3v) is 4.85. The van der Waals surface area contributed by atoms with Gasteiger partial charge in [0.15, 0.2) is 5.82 Å². The quantitative estimate of drug-likeness (QED) is 0.839. The maximum absolute atomic E-state index is 12.1. The molecule has 2 aliphatic rings. The molecule has 124 valence electrons. The Morgan fingerprint density at radius 2 is 1.88 bits per heavy atom. The third kappa shape index (κ3) is 2.36. The molecule has 0 unspecified atom stereocenters. The number of carboxylic acid groups (broad SMARTS) is 1. The highest BCUT2D eigenvalue weighted by molar-refractivity contribution is 6.10. The average Bonchev–Trinajstić information content (AvgIpc) is 3.30. The number of aromatic nitrogens is 3. The van der Waals surface area contributed by atoms with Crippen LogP contribution in [0.2, 0.25) is 0 Å². The fraction of sp³-hybridized carbons (Fsp3) is 0.412. The van der Waals surface area contributed by atoms with Crippen molar-refractivity contribution in [3.05, 3.63) is 30.1 Å². The summed E-state index contributed by atoms with van der Waals surface area (Å²) in [4.78, 5) is 23.3. The van der Waals surface area contributed by atoms with Crippen LogP contribution in [0, 0.1) is 5.41 Å². The molecule has 24 heavy (non-hydrogen) atoms. The minimum Gasteiger partial charge on any atom is -0.480 e. The molecule has 4 rings (SSSR count). The number of nitrogens with one attached hydrogen (secondary N) is 1. The second kappa shape index (κ2) is 5.43. The van der Waals surface area contributed by atoms with Crippen LogP contribution in [0.3, 0.4) is 0 Å². The SMILES string of the molecule is O=C(O)C1(C(=O)Nc2ccc(-c3nnc4n3CCCC4)cc2)CC1. The first-order chi connectivity index (χ1) is 11.6. The van der Waals surface area contributed by atoms with Crippen molar-refractivity contribution in [2.45, 2.75) is 38.6 Å². The minimum absolute atomic E-state index is 0.401. The largest absolute Gasteiger partial charge is 0.480 e. The highest BCUT2D eigenvalue weighted by Crippen LogP contribution is 2.46. The Morgan fingerprint density at radius 3 is 2.54 bits per heavy atom. The third-order valence-electron chi connectivity index (χ3n) is 4.85. The maximum atomic E-state index is 12.1. The number of carbonyl (C=O) groups excluding carboxylic acids is 1. The van der Waals surface area contributed by atoms with E-state index in [4.69, 9.17) is 5.11 Å². The fourth-order valence-electron chi connectivity index (χ4n) is 3.14. The molecule has 0 radical (unpaired) electrons. The van der Waals surface area contributed by atoms with Crippen molar-refractivity contribution in [2.24, 2.45) is 5.41 Å². The molecule has 1 amide bonds. The van der Waals surface area contributed by atoms with Gasteiger partial charge in [-0.1, -0.05) is 0 Å². The van der Waals surface area contributed by atoms with Crippen LogP contribution in [0.15, 0.2) is 24.3 Å². The van der Waals surface area contributed by atoms with Gasteiger partial charge < -0.3 is 15.0 Å². The first-order valence-corrected chi connectivity index (χ1v) is 8.17. The van der Waals surface area contributed by atoms with Crippen molar-refractivity contribution in [1.82, 2.24) is 14.8 Å². The second-order valence-electron chi connectivity index (χ2n) is 6.47. The van der Waals surface area contributed by atoms with E-state index in [1.807, 2.05) is 12.1 Å². The molecule has 0 saturated heterocycles. The van der Waals surface area contributed by atoms with Crippen LogP contribution in [0.5, 0.6) is 0 Å². The Bertz CT molecular complexity index is 806. The summed E-state index contributed by atoms with van der Waals surface area (Å²) in [6.07, 6.45) is 4.03. The number of hydrogen-bond acceptors (Lipinski definition) is 4. The highest BCUT2D eigenvalue weighted by atomic mass is 16.4. The lowest BCUT2D eigenvalue weighted by Crippen LogP contribution is -2.31. The molecule has 1 aliphatic carbocycles. The van der Waals surface area contributed by atoms with Gasteiger partial charge >= 0.3 is 5.97 Å². The summed E-state index contributed by atoms with van der Waals surface area (Å²) in [7, 11) is 0. The molecule has 0 atom stereocenters. The van der Waals surface area contributed by atoms with Crippen molar-refractivity contribution in [3.8, 4) is 11.4 Å². The first kappa shape index (κ1) is 14.9. The smallest absolute Gasteiger partial charge is 0.319 e. The van der Waals surface area contributed by atoms with E-state index >= 15 is 0 Å². The fourth-order valence-corrected chi connectivity index (χ4v) is 3.14. The van der Waals surface area contributed by atoms with Gasteiger partial charge in [0.05, 0.1) is 0 Å². The van der Waals surface area contributed by atoms with E-state index in [9.17, 15) is 9.59 Å². The van der Waals surface area contributed by atoms with Gasteiger partial charge in [0, 0.05) is 24.2 Å². The summed E-state index contributed by atoms with van der Waals surface area (Å²) in [6, 6.07) is 7.30. The number of aryl methyl sites for hydroxylation is 1. The number of carboxylic acids is 1. The van der Waals surface area contributed by atoms with Gasteiger partial charge in [0.1, 0.15) is 11.2 Å². The van der Waals surface area contributed by atoms with E-state index in [2.05, 4.69) is 20.1 Å². The van der Waals surface area contributed by atoms with E-state index in [-0.39, 0.29) is 0 Å². The Hall–Kier alpha value is -2.70. The molecule has 1 aromatic carbocycles. The zero-order chi connectivity index (χ0) is 16.7. The monoisotopic (exact) mass is 326 g/mol. The van der Waals surface area contributed by atoms with Gasteiger partial charge in [-0.3, -0.25) is 9.59 Å². The van der Waals surface area contributed by atoms with Crippen molar-refractivity contribution in [2.75, 3.05) is 5.32 Å². The normalized spacial score (nSPS) is 17.8. The van der Waals surface area contributed by atoms with Crippen molar-refractivity contribution in [3.63, 3.8) is 0 Å². The molecule has 2 heterocycles. The predicted octanol–water partition coefficient (Wildman–Crippen LogP) is 2.08. The lowest BCUT2D eigenvalue weighted by atomic mass is 10.1. The standard InChI is InChI=1S/C17H18N4O3/c22-15(17(8-9-17)16(23)24)18-12-6-4-11(5-7-12)14-20-19-13-3-1-2-10-21(13)14/h4-7H,1-3,8-10H2,(H,18,22)(H,23,24). The van der Waals surface area contributed by atoms with Gasteiger partial charge in [-0.15, -0.1) is 10.2 Å². The minimum atomic E-state index is -1.23. The van der Waals surface area contributed by atoms with Crippen LogP contribution in [-0.4, -0.2) is 31.7 Å². The molecule has 0 bridgehead atoms. The molecule has 2 N–H and O–H groups in total. The summed E-state index contributed by atoms with van der Waals surface area (Å²) in [5.41, 5.74) is 0.299. The number of anilines is 1. The van der Waals surface area contributed by atoms with Gasteiger partial charge in [0.25, 0.3) is 0 Å². The number of hydrogen-bond donors (Lipinski definition) is 2. The average molecular weight is 326 g/mol. The molecule has 2 aromatic rings. The van der Waals surface area contributed by atoms with E-state index in [1.165, 1.54) is 0 Å². The van der Waals surface area contributed by atoms with Gasteiger partial charge in [-0.25, -0.2) is 0 Å². The van der Waals surface area contributed by atoms with Crippen molar-refractivity contribution in [1.29, 1.82) is 0 Å². The molecule has 7 heteroatoms. The Kier molecular flexibility index (Phi) is 3.37. The van der Waals surface area contributed by atoms with Gasteiger partial charge in [-0.05, 0) is 49.9 Å². The predicted molar refractivity (Wildman–Crippen MR) is 86.3 cm³/mol. The molecular weight excluding hydrogens is 308 g/mol. The van der Waals surface area contributed by atoms with Crippen LogP contribution in [0.4, 0.5) is 5.69 Å². The number of carbonyl (C=O) groups is 2. The van der Waals surface area contributed by atoms with Crippen LogP contribution in [0.25, 0.3) is 11.4 Å². The number of nitrogens with zero attached hydrogens (tertiary/aromatic N) is 3. The molecule has 1 saturated carbocycles. The lowest BCUT2D eigenvalue weighted by Gasteiger charge is -2.15. The first-order valence-electron chi connectivity index (χ1n) is 8.17. The van der Waals surface area contributed by atoms with Gasteiger partial charge in [-0.2, -0.15) is 0 Å². The summed E-state index contributed by atoms with van der Waals surface area (Å²) in [5.74, 6) is 0.367. The molecule has 0 spiro atoms. The molecular formula is C17H18N4O3. The number of rotatable bonds is 4. The number of amides is 1. The number of fused-ring (bicyclic) bond motifs is 1. The Labute approximate surface area is 138 Å². The summed E-state index contributed by atoms with van der Waals surface area (Å²) in [6.45, 7) is 0.928. The van der Waals surface area contributed by atoms with Crippen molar-refractivity contribution >= 4 is 17.6 Å². The highest BCUT2D eigenvalue weighted by Gasteiger charge is 2.57. The lowest BCUT2D eigenvalue weighted by molar-refractivity contribution is -0.147. The summed E-state index contributed by atoms with van der Waals surface area (Å²) in [5, 5.41) is 20.4. The van der Waals surface area contributed by atoms with Crippen LogP contribution in [-0.2, 0) is 22.6 Å². The second-order valence-corrected chi connectivity index (χ2v) is 6.47. The zero-order valence-electron chi connectivity index (χ0n) is 13.2. The summed E-state index contributed by atoms with van der Waals surface area (Å²) < 4.78 is 2.14. The van der Waals surface area contributed by atoms with Crippen molar-refractivity contribution < 1.29 is 14.7 Å². The Morgan fingerprint density at radius 1 is 1.12 bits per heavy atom. The van der Waals surface area contributed by atoms with Crippen LogP contribution >= 0.6 is 0 Å². The van der Waals surface area contributed by atoms with E-state index in [1.54, 1.807) is 12.1 Å². The molecule has 1 aromatic heterocycles. The number of benzene rings is 1. The van der Waals surface area contributed by atoms with E-state index in [0.717, 1.165) is 43.0 Å². The van der Waals surface area contributed by atoms with Crippen LogP contribution in [0.1, 0.15) is 31.5 Å². The van der Waals surface area contributed by atoms with E-state index in [0.29, 0.717) is 18.5 Å². The summed E-state index contributed by atoms with van der Waals surface area (Å²) >= 11 is 0. The van der Waals surface area contributed by atoms with E-state index < -0.39 is 17.3 Å². The van der Waals surface area contributed by atoms with Crippen LogP contribution < -0.4 is 5.32 Å².